The third-order valence-corrected chi connectivity index (χ3v) is 10.9. The van der Waals surface area contributed by atoms with Crippen molar-refractivity contribution in [2.75, 3.05) is 11.4 Å². The number of aryl methyl sites for hydroxylation is 1. The van der Waals surface area contributed by atoms with E-state index in [1.807, 2.05) is 47.9 Å². The number of thiazole rings is 1. The Morgan fingerprint density at radius 1 is 0.950 bits per heavy atom. The standard InChI is InChI=1S/C32H30ClN4OSSe/c1-4-34-26-20-22(33)16-18-27(26)39-30(34)21-29-36(6-3)32(38)25(37(29)23-12-8-7-9-13-23)17-19-31-35(5-2)24-14-10-11-15-28(24)40-31/h7-21H,4-6H2,1-3H3/q+1/b25-17-,31-19+. The molecule has 5 aromatic rings. The Bertz CT molecular complexity index is 1940. The van der Waals surface area contributed by atoms with Crippen LogP contribution in [0.4, 0.5) is 5.69 Å². The molecule has 0 saturated heterocycles. The van der Waals surface area contributed by atoms with E-state index in [0.29, 0.717) is 11.9 Å². The first kappa shape index (κ1) is 26.9. The maximum atomic E-state index is 14.0. The van der Waals surface area contributed by atoms with Gasteiger partial charge < -0.3 is 0 Å². The Hall–Kier alpha value is -3.35. The van der Waals surface area contributed by atoms with Gasteiger partial charge in [0, 0.05) is 0 Å². The van der Waals surface area contributed by atoms with Crippen LogP contribution in [0.2, 0.25) is 5.02 Å². The van der Waals surface area contributed by atoms with Gasteiger partial charge in [0.1, 0.15) is 0 Å². The van der Waals surface area contributed by atoms with E-state index in [0.717, 1.165) is 39.8 Å². The number of halogens is 1. The average Bonchev–Trinajstić information content (AvgIpc) is 3.60. The van der Waals surface area contributed by atoms with Crippen molar-refractivity contribution in [3.05, 3.63) is 115 Å². The van der Waals surface area contributed by atoms with Crippen molar-refractivity contribution >= 4 is 70.4 Å². The molecule has 0 N–H and O–H groups in total. The number of hydrogen-bond acceptors (Lipinski definition) is 3. The zero-order valence-corrected chi connectivity index (χ0v) is 26.0. The second-order valence-electron chi connectivity index (χ2n) is 9.39. The Morgan fingerprint density at radius 2 is 1.73 bits per heavy atom. The molecule has 40 heavy (non-hydrogen) atoms. The fraction of sp³-hybridized carbons (Fsp3) is 0.188. The molecule has 3 heterocycles. The van der Waals surface area contributed by atoms with E-state index in [1.54, 1.807) is 11.3 Å². The molecule has 0 unspecified atom stereocenters. The van der Waals surface area contributed by atoms with Crippen LogP contribution < -0.4 is 30.3 Å². The number of imidazole rings is 1. The normalized spacial score (nSPS) is 15.1. The molecule has 1 aliphatic heterocycles. The average molecular weight is 633 g/mol. The predicted octanol–water partition coefficient (Wildman–Crippen LogP) is 4.15. The van der Waals surface area contributed by atoms with E-state index in [2.05, 4.69) is 82.5 Å². The van der Waals surface area contributed by atoms with Gasteiger partial charge in [-0.3, -0.25) is 0 Å². The van der Waals surface area contributed by atoms with E-state index < -0.39 is 0 Å². The third kappa shape index (κ3) is 4.67. The van der Waals surface area contributed by atoms with Crippen molar-refractivity contribution < 1.29 is 4.57 Å². The first-order chi connectivity index (χ1) is 19.5. The molecule has 0 saturated carbocycles. The van der Waals surface area contributed by atoms with Gasteiger partial charge in [-0.15, -0.1) is 0 Å². The number of rotatable bonds is 6. The summed E-state index contributed by atoms with van der Waals surface area (Å²) in [7, 11) is 0. The number of aromatic nitrogens is 3. The van der Waals surface area contributed by atoms with Gasteiger partial charge in [0.2, 0.25) is 0 Å². The van der Waals surface area contributed by atoms with E-state index in [-0.39, 0.29) is 20.5 Å². The fourth-order valence-electron chi connectivity index (χ4n) is 5.30. The van der Waals surface area contributed by atoms with Crippen molar-refractivity contribution in [2.24, 2.45) is 0 Å². The maximum absolute atomic E-state index is 14.0. The molecular weight excluding hydrogens is 603 g/mol. The summed E-state index contributed by atoms with van der Waals surface area (Å²) in [6.45, 7) is 8.61. The SMILES string of the molecule is CCN1/C(=C\C=c2\c(=O)n(CC)/c(=C\c3sc4ccc(Cl)cc4[n+]3CC)n2-c2ccccc2)[Se]c2ccccc21. The van der Waals surface area contributed by atoms with Crippen LogP contribution in [0.5, 0.6) is 0 Å². The van der Waals surface area contributed by atoms with Crippen LogP contribution in [0, 0.1) is 0 Å². The van der Waals surface area contributed by atoms with Crippen LogP contribution in [-0.4, -0.2) is 30.6 Å². The Labute approximate surface area is 248 Å². The molecular formula is C32H30ClN4OSSe+. The van der Waals surface area contributed by atoms with Crippen LogP contribution in [0.15, 0.2) is 88.3 Å². The molecule has 8 heteroatoms. The molecule has 0 spiro atoms. The molecule has 3 aromatic carbocycles. The van der Waals surface area contributed by atoms with Gasteiger partial charge in [-0.05, 0) is 0 Å². The van der Waals surface area contributed by atoms with E-state index in [9.17, 15) is 4.79 Å². The number of fused-ring (bicyclic) bond motifs is 2. The van der Waals surface area contributed by atoms with Gasteiger partial charge >= 0.3 is 238 Å². The quantitative estimate of drug-likeness (QED) is 0.208. The minimum absolute atomic E-state index is 0.00715. The summed E-state index contributed by atoms with van der Waals surface area (Å²) in [4.78, 5) is 16.3. The van der Waals surface area contributed by atoms with Gasteiger partial charge in [-0.2, -0.15) is 0 Å². The summed E-state index contributed by atoms with van der Waals surface area (Å²) in [6.07, 6.45) is 6.32. The molecule has 0 fully saturated rings. The summed E-state index contributed by atoms with van der Waals surface area (Å²) in [5.74, 6) is 0. The van der Waals surface area contributed by atoms with E-state index in [4.69, 9.17) is 11.6 Å². The second kappa shape index (κ2) is 11.3. The topological polar surface area (TPSA) is 34.0 Å². The molecule has 0 amide bonds. The summed E-state index contributed by atoms with van der Waals surface area (Å²) in [5.41, 5.74) is 4.21. The molecule has 6 rings (SSSR count). The van der Waals surface area contributed by atoms with Crippen LogP contribution in [0.25, 0.3) is 28.1 Å². The first-order valence-electron chi connectivity index (χ1n) is 13.5. The Kier molecular flexibility index (Phi) is 7.56. The monoisotopic (exact) mass is 633 g/mol. The van der Waals surface area contributed by atoms with Gasteiger partial charge in [-0.25, -0.2) is 0 Å². The van der Waals surface area contributed by atoms with E-state index in [1.165, 1.54) is 19.4 Å². The van der Waals surface area contributed by atoms with E-state index >= 15 is 0 Å². The fourth-order valence-corrected chi connectivity index (χ4v) is 8.97. The summed E-state index contributed by atoms with van der Waals surface area (Å²) < 4.78 is 10.0. The first-order valence-corrected chi connectivity index (χ1v) is 16.4. The Morgan fingerprint density at radius 3 is 2.48 bits per heavy atom. The van der Waals surface area contributed by atoms with Crippen LogP contribution >= 0.6 is 22.9 Å². The zero-order chi connectivity index (χ0) is 27.8. The number of para-hydroxylation sites is 2. The van der Waals surface area contributed by atoms with Crippen molar-refractivity contribution in [3.63, 3.8) is 0 Å². The van der Waals surface area contributed by atoms with Crippen molar-refractivity contribution in [2.45, 2.75) is 33.9 Å². The summed E-state index contributed by atoms with van der Waals surface area (Å²) in [6, 6.07) is 24.8. The molecule has 2 aromatic heterocycles. The number of benzene rings is 3. The van der Waals surface area contributed by atoms with Crippen molar-refractivity contribution in [1.29, 1.82) is 0 Å². The second-order valence-corrected chi connectivity index (χ2v) is 13.1. The molecule has 0 radical (unpaired) electrons. The van der Waals surface area contributed by atoms with Crippen molar-refractivity contribution in [3.8, 4) is 5.69 Å². The summed E-state index contributed by atoms with van der Waals surface area (Å²) in [5, 5.41) is 2.45. The molecule has 202 valence electrons. The van der Waals surface area contributed by atoms with Gasteiger partial charge in [0.15, 0.2) is 0 Å². The van der Waals surface area contributed by atoms with Gasteiger partial charge in [0.05, 0.1) is 0 Å². The van der Waals surface area contributed by atoms with Gasteiger partial charge in [0.25, 0.3) is 0 Å². The Balaban J connectivity index is 1.62. The molecule has 0 atom stereocenters. The van der Waals surface area contributed by atoms with Crippen molar-refractivity contribution in [1.82, 2.24) is 9.13 Å². The minimum atomic E-state index is 0.00715. The van der Waals surface area contributed by atoms with Crippen LogP contribution in [0.3, 0.4) is 0 Å². The number of anilines is 1. The number of hydrogen-bond donors (Lipinski definition) is 0. The summed E-state index contributed by atoms with van der Waals surface area (Å²) >= 11 is 8.26. The third-order valence-electron chi connectivity index (χ3n) is 7.14. The number of allylic oxidation sites excluding steroid dienone is 1. The molecule has 1 aliphatic rings. The number of nitrogens with zero attached hydrogens (tertiary/aromatic N) is 4. The van der Waals surface area contributed by atoms with Crippen LogP contribution in [0.1, 0.15) is 25.8 Å². The zero-order valence-electron chi connectivity index (χ0n) is 22.7. The van der Waals surface area contributed by atoms with Crippen LogP contribution in [-0.2, 0) is 13.1 Å². The molecule has 0 aliphatic carbocycles. The van der Waals surface area contributed by atoms with Gasteiger partial charge in [-0.1, -0.05) is 11.6 Å². The predicted molar refractivity (Wildman–Crippen MR) is 169 cm³/mol. The molecule has 0 bridgehead atoms. The molecule has 5 nitrogen and oxygen atoms in total.